The first-order valence-corrected chi connectivity index (χ1v) is 6.83. The Kier molecular flexibility index (Phi) is 3.62. The molecule has 21 heavy (non-hydrogen) atoms. The SMILES string of the molecule is COC(=O)c1cccc2ccn(Cc3ccc(Cl)nc3)c12. The van der Waals surface area contributed by atoms with Gasteiger partial charge in [0.2, 0.25) is 0 Å². The number of esters is 1. The first kappa shape index (κ1) is 13.6. The predicted octanol–water partition coefficient (Wildman–Crippen LogP) is 3.52. The molecule has 0 bridgehead atoms. The summed E-state index contributed by atoms with van der Waals surface area (Å²) in [6.45, 7) is 0.613. The lowest BCUT2D eigenvalue weighted by atomic mass is 10.1. The molecule has 0 amide bonds. The molecule has 0 aliphatic heterocycles. The normalized spacial score (nSPS) is 10.8. The monoisotopic (exact) mass is 300 g/mol. The molecule has 5 heteroatoms. The Labute approximate surface area is 126 Å². The van der Waals surface area contributed by atoms with E-state index in [1.165, 1.54) is 7.11 Å². The lowest BCUT2D eigenvalue weighted by Gasteiger charge is -2.09. The summed E-state index contributed by atoms with van der Waals surface area (Å²) < 4.78 is 6.86. The molecule has 1 aromatic carbocycles. The summed E-state index contributed by atoms with van der Waals surface area (Å²) in [5.41, 5.74) is 2.43. The van der Waals surface area contributed by atoms with Crippen molar-refractivity contribution in [3.8, 4) is 0 Å². The molecule has 4 nitrogen and oxygen atoms in total. The van der Waals surface area contributed by atoms with Gasteiger partial charge in [-0.15, -0.1) is 0 Å². The van der Waals surface area contributed by atoms with Gasteiger partial charge in [-0.05, 0) is 23.8 Å². The molecule has 0 unspecified atom stereocenters. The minimum Gasteiger partial charge on any atom is -0.465 e. The smallest absolute Gasteiger partial charge is 0.340 e. The van der Waals surface area contributed by atoms with Crippen LogP contribution >= 0.6 is 11.6 Å². The molecular weight excluding hydrogens is 288 g/mol. The third-order valence-corrected chi connectivity index (χ3v) is 3.56. The summed E-state index contributed by atoms with van der Waals surface area (Å²) in [5, 5.41) is 1.46. The number of ether oxygens (including phenoxy) is 1. The average Bonchev–Trinajstić information content (AvgIpc) is 2.92. The van der Waals surface area contributed by atoms with Crippen LogP contribution in [0.3, 0.4) is 0 Å². The molecule has 2 aromatic heterocycles. The van der Waals surface area contributed by atoms with Gasteiger partial charge in [0.15, 0.2) is 0 Å². The number of hydrogen-bond donors (Lipinski definition) is 0. The van der Waals surface area contributed by atoms with Crippen molar-refractivity contribution in [2.45, 2.75) is 6.54 Å². The number of benzene rings is 1. The minimum atomic E-state index is -0.338. The zero-order valence-corrected chi connectivity index (χ0v) is 12.2. The summed E-state index contributed by atoms with van der Waals surface area (Å²) in [7, 11) is 1.39. The summed E-state index contributed by atoms with van der Waals surface area (Å²) in [6, 6.07) is 11.2. The highest BCUT2D eigenvalue weighted by molar-refractivity contribution is 6.29. The fourth-order valence-electron chi connectivity index (χ4n) is 2.36. The van der Waals surface area contributed by atoms with Crippen molar-refractivity contribution in [1.82, 2.24) is 9.55 Å². The van der Waals surface area contributed by atoms with E-state index in [0.29, 0.717) is 17.3 Å². The van der Waals surface area contributed by atoms with Crippen LogP contribution in [0.15, 0.2) is 48.8 Å². The van der Waals surface area contributed by atoms with Gasteiger partial charge >= 0.3 is 5.97 Å². The maximum absolute atomic E-state index is 11.9. The summed E-state index contributed by atoms with van der Waals surface area (Å²) in [6.07, 6.45) is 3.68. The highest BCUT2D eigenvalue weighted by Crippen LogP contribution is 2.22. The second kappa shape index (κ2) is 5.58. The number of carbonyl (C=O) groups is 1. The van der Waals surface area contributed by atoms with Crippen molar-refractivity contribution in [2.75, 3.05) is 7.11 Å². The Morgan fingerprint density at radius 1 is 1.29 bits per heavy atom. The van der Waals surface area contributed by atoms with Gasteiger partial charge in [-0.3, -0.25) is 0 Å². The highest BCUT2D eigenvalue weighted by atomic mass is 35.5. The number of aromatic nitrogens is 2. The number of nitrogens with zero attached hydrogens (tertiary/aromatic N) is 2. The number of rotatable bonds is 3. The second-order valence-corrected chi connectivity index (χ2v) is 5.06. The molecule has 0 saturated heterocycles. The molecule has 3 aromatic rings. The maximum Gasteiger partial charge on any atom is 0.340 e. The molecule has 0 atom stereocenters. The fourth-order valence-corrected chi connectivity index (χ4v) is 2.48. The fraction of sp³-hybridized carbons (Fsp3) is 0.125. The van der Waals surface area contributed by atoms with Crippen LogP contribution < -0.4 is 0 Å². The Morgan fingerprint density at radius 2 is 2.14 bits per heavy atom. The van der Waals surface area contributed by atoms with E-state index in [9.17, 15) is 4.79 Å². The van der Waals surface area contributed by atoms with E-state index in [4.69, 9.17) is 16.3 Å². The average molecular weight is 301 g/mol. The van der Waals surface area contributed by atoms with E-state index < -0.39 is 0 Å². The van der Waals surface area contributed by atoms with Crippen LogP contribution in [0.4, 0.5) is 0 Å². The van der Waals surface area contributed by atoms with Crippen molar-refractivity contribution in [2.24, 2.45) is 0 Å². The molecule has 3 rings (SSSR count). The molecule has 0 fully saturated rings. The van der Waals surface area contributed by atoms with Gasteiger partial charge < -0.3 is 9.30 Å². The second-order valence-electron chi connectivity index (χ2n) is 4.67. The summed E-state index contributed by atoms with van der Waals surface area (Å²) in [4.78, 5) is 16.0. The van der Waals surface area contributed by atoms with Gasteiger partial charge in [-0.2, -0.15) is 0 Å². The Morgan fingerprint density at radius 3 is 2.86 bits per heavy atom. The Hall–Kier alpha value is -2.33. The van der Waals surface area contributed by atoms with Crippen molar-refractivity contribution in [3.63, 3.8) is 0 Å². The zero-order chi connectivity index (χ0) is 14.8. The van der Waals surface area contributed by atoms with Crippen LogP contribution in [0, 0.1) is 0 Å². The van der Waals surface area contributed by atoms with E-state index in [2.05, 4.69) is 4.98 Å². The molecule has 106 valence electrons. The van der Waals surface area contributed by atoms with Crippen LogP contribution in [-0.2, 0) is 11.3 Å². The summed E-state index contributed by atoms with van der Waals surface area (Å²) >= 11 is 5.80. The summed E-state index contributed by atoms with van der Waals surface area (Å²) in [5.74, 6) is -0.338. The van der Waals surface area contributed by atoms with Crippen molar-refractivity contribution in [3.05, 3.63) is 65.1 Å². The van der Waals surface area contributed by atoms with E-state index in [1.54, 1.807) is 18.3 Å². The lowest BCUT2D eigenvalue weighted by Crippen LogP contribution is -2.06. The maximum atomic E-state index is 11.9. The van der Waals surface area contributed by atoms with Gasteiger partial charge in [-0.1, -0.05) is 29.8 Å². The molecule has 0 aliphatic carbocycles. The van der Waals surface area contributed by atoms with E-state index in [-0.39, 0.29) is 5.97 Å². The molecule has 0 N–H and O–H groups in total. The van der Waals surface area contributed by atoms with E-state index in [0.717, 1.165) is 16.5 Å². The molecular formula is C16H13ClN2O2. The van der Waals surface area contributed by atoms with E-state index >= 15 is 0 Å². The third kappa shape index (κ3) is 2.62. The molecule has 0 saturated carbocycles. The molecule has 0 radical (unpaired) electrons. The highest BCUT2D eigenvalue weighted by Gasteiger charge is 2.13. The quantitative estimate of drug-likeness (QED) is 0.549. The van der Waals surface area contributed by atoms with Crippen LogP contribution in [0.25, 0.3) is 10.9 Å². The largest absolute Gasteiger partial charge is 0.465 e. The number of methoxy groups -OCH3 is 1. The van der Waals surface area contributed by atoms with E-state index in [1.807, 2.05) is 35.0 Å². The standard InChI is InChI=1S/C16H13ClN2O2/c1-21-16(20)13-4-2-3-12-7-8-19(15(12)13)10-11-5-6-14(17)18-9-11/h2-9H,10H2,1H3. The first-order valence-electron chi connectivity index (χ1n) is 6.45. The van der Waals surface area contributed by atoms with Gasteiger partial charge in [-0.25, -0.2) is 9.78 Å². The van der Waals surface area contributed by atoms with Crippen LogP contribution in [-0.4, -0.2) is 22.6 Å². The first-order chi connectivity index (χ1) is 10.2. The molecule has 0 spiro atoms. The van der Waals surface area contributed by atoms with Crippen molar-refractivity contribution in [1.29, 1.82) is 0 Å². The zero-order valence-electron chi connectivity index (χ0n) is 11.4. The number of hydrogen-bond acceptors (Lipinski definition) is 3. The van der Waals surface area contributed by atoms with Crippen molar-refractivity contribution >= 4 is 28.5 Å². The Balaban J connectivity index is 2.06. The number of para-hydroxylation sites is 1. The number of halogens is 1. The van der Waals surface area contributed by atoms with Gasteiger partial charge in [0.1, 0.15) is 5.15 Å². The van der Waals surface area contributed by atoms with Crippen LogP contribution in [0.1, 0.15) is 15.9 Å². The van der Waals surface area contributed by atoms with Gasteiger partial charge in [0, 0.05) is 24.3 Å². The third-order valence-electron chi connectivity index (χ3n) is 3.34. The number of carbonyl (C=O) groups excluding carboxylic acids is 1. The molecule has 2 heterocycles. The van der Waals surface area contributed by atoms with Gasteiger partial charge in [0.05, 0.1) is 18.2 Å². The van der Waals surface area contributed by atoms with Crippen LogP contribution in [0.2, 0.25) is 5.15 Å². The predicted molar refractivity (Wildman–Crippen MR) is 81.6 cm³/mol. The van der Waals surface area contributed by atoms with Crippen LogP contribution in [0.5, 0.6) is 0 Å². The topological polar surface area (TPSA) is 44.1 Å². The number of pyridine rings is 1. The minimum absolute atomic E-state index is 0.338. The number of fused-ring (bicyclic) bond motifs is 1. The molecule has 0 aliphatic rings. The lowest BCUT2D eigenvalue weighted by molar-refractivity contribution is 0.0602. The van der Waals surface area contributed by atoms with Gasteiger partial charge in [0.25, 0.3) is 0 Å². The Bertz CT molecular complexity index is 794. The van der Waals surface area contributed by atoms with Crippen molar-refractivity contribution < 1.29 is 9.53 Å².